The molecular formula is C13H29N3O. The van der Waals surface area contributed by atoms with Crippen LogP contribution in [-0.2, 0) is 4.79 Å². The van der Waals surface area contributed by atoms with Crippen molar-refractivity contribution in [3.8, 4) is 0 Å². The topological polar surface area (TPSA) is 35.6 Å². The monoisotopic (exact) mass is 243 g/mol. The summed E-state index contributed by atoms with van der Waals surface area (Å²) >= 11 is 0. The van der Waals surface area contributed by atoms with Crippen molar-refractivity contribution in [2.24, 2.45) is 5.92 Å². The molecule has 1 unspecified atom stereocenters. The first-order chi connectivity index (χ1) is 7.86. The molecule has 1 atom stereocenters. The van der Waals surface area contributed by atoms with Gasteiger partial charge in [0.2, 0.25) is 5.91 Å². The van der Waals surface area contributed by atoms with Gasteiger partial charge in [-0.15, -0.1) is 0 Å². The van der Waals surface area contributed by atoms with E-state index in [1.807, 2.05) is 14.0 Å². The lowest BCUT2D eigenvalue weighted by molar-refractivity contribution is -0.128. The maximum Gasteiger partial charge on any atom is 0.236 e. The van der Waals surface area contributed by atoms with Crippen LogP contribution in [0.4, 0.5) is 0 Å². The van der Waals surface area contributed by atoms with E-state index in [0.717, 1.165) is 19.5 Å². The molecule has 0 fully saturated rings. The van der Waals surface area contributed by atoms with Crippen LogP contribution in [0.2, 0.25) is 0 Å². The van der Waals surface area contributed by atoms with Crippen LogP contribution in [0.1, 0.15) is 27.2 Å². The first kappa shape index (κ1) is 16.4. The number of nitrogens with zero attached hydrogens (tertiary/aromatic N) is 2. The first-order valence-corrected chi connectivity index (χ1v) is 6.48. The quantitative estimate of drug-likeness (QED) is 0.692. The fourth-order valence-electron chi connectivity index (χ4n) is 1.78. The molecule has 4 nitrogen and oxygen atoms in total. The number of likely N-dealkylation sites (N-methyl/N-ethyl adjacent to an activating group) is 2. The Labute approximate surface area is 106 Å². The van der Waals surface area contributed by atoms with Crippen LogP contribution in [0.5, 0.6) is 0 Å². The standard InChI is InChI=1S/C13H29N3O/c1-7-16(6)13(17)9-14-12(8-11(2)3)10-15(4)5/h11-12,14H,7-10H2,1-6H3. The van der Waals surface area contributed by atoms with E-state index < -0.39 is 0 Å². The molecule has 0 aromatic heterocycles. The van der Waals surface area contributed by atoms with Crippen molar-refractivity contribution < 1.29 is 4.79 Å². The van der Waals surface area contributed by atoms with Gasteiger partial charge in [0.15, 0.2) is 0 Å². The van der Waals surface area contributed by atoms with Crippen LogP contribution in [0, 0.1) is 5.92 Å². The molecule has 0 bridgehead atoms. The highest BCUT2D eigenvalue weighted by molar-refractivity contribution is 5.77. The zero-order valence-electron chi connectivity index (χ0n) is 12.3. The van der Waals surface area contributed by atoms with Crippen LogP contribution in [0.3, 0.4) is 0 Å². The third-order valence-corrected chi connectivity index (χ3v) is 2.78. The summed E-state index contributed by atoms with van der Waals surface area (Å²) in [5.74, 6) is 0.812. The van der Waals surface area contributed by atoms with Gasteiger partial charge in [0.25, 0.3) is 0 Å². The Morgan fingerprint density at radius 3 is 2.24 bits per heavy atom. The average molecular weight is 243 g/mol. The molecule has 0 aliphatic carbocycles. The minimum absolute atomic E-state index is 0.167. The van der Waals surface area contributed by atoms with Crippen molar-refractivity contribution in [3.63, 3.8) is 0 Å². The van der Waals surface area contributed by atoms with Crippen LogP contribution >= 0.6 is 0 Å². The Balaban J connectivity index is 4.10. The van der Waals surface area contributed by atoms with Gasteiger partial charge in [0.1, 0.15) is 0 Å². The Morgan fingerprint density at radius 2 is 1.82 bits per heavy atom. The Kier molecular flexibility index (Phi) is 8.17. The van der Waals surface area contributed by atoms with Gasteiger partial charge in [-0.1, -0.05) is 13.8 Å². The van der Waals surface area contributed by atoms with Crippen molar-refractivity contribution in [2.45, 2.75) is 33.2 Å². The summed E-state index contributed by atoms with van der Waals surface area (Å²) in [6, 6.07) is 0.388. The summed E-state index contributed by atoms with van der Waals surface area (Å²) in [4.78, 5) is 15.6. The molecule has 0 aliphatic rings. The number of nitrogens with one attached hydrogen (secondary N) is 1. The highest BCUT2D eigenvalue weighted by Crippen LogP contribution is 2.05. The number of hydrogen-bond acceptors (Lipinski definition) is 3. The summed E-state index contributed by atoms with van der Waals surface area (Å²) in [5, 5.41) is 3.36. The summed E-state index contributed by atoms with van der Waals surface area (Å²) in [7, 11) is 5.97. The first-order valence-electron chi connectivity index (χ1n) is 6.48. The molecule has 1 amide bonds. The molecule has 0 saturated heterocycles. The second kappa shape index (κ2) is 8.48. The minimum atomic E-state index is 0.167. The second-order valence-corrected chi connectivity index (χ2v) is 5.38. The maximum atomic E-state index is 11.7. The van der Waals surface area contributed by atoms with Gasteiger partial charge in [-0.05, 0) is 33.4 Å². The van der Waals surface area contributed by atoms with Crippen LogP contribution < -0.4 is 5.32 Å². The smallest absolute Gasteiger partial charge is 0.236 e. The number of amides is 1. The highest BCUT2D eigenvalue weighted by Gasteiger charge is 2.14. The van der Waals surface area contributed by atoms with Crippen molar-refractivity contribution >= 4 is 5.91 Å². The average Bonchev–Trinajstić information content (AvgIpc) is 2.22. The molecule has 0 aromatic rings. The van der Waals surface area contributed by atoms with Gasteiger partial charge in [-0.25, -0.2) is 0 Å². The second-order valence-electron chi connectivity index (χ2n) is 5.38. The van der Waals surface area contributed by atoms with Crippen LogP contribution in [-0.4, -0.2) is 62.5 Å². The molecule has 0 aromatic carbocycles. The number of carbonyl (C=O) groups is 1. The molecule has 0 heterocycles. The van der Waals surface area contributed by atoms with Gasteiger partial charge in [-0.3, -0.25) is 4.79 Å². The predicted octanol–water partition coefficient (Wildman–Crippen LogP) is 1.03. The van der Waals surface area contributed by atoms with Gasteiger partial charge < -0.3 is 15.1 Å². The van der Waals surface area contributed by atoms with E-state index >= 15 is 0 Å². The number of carbonyl (C=O) groups excluding carboxylic acids is 1. The maximum absolute atomic E-state index is 11.7. The van der Waals surface area contributed by atoms with E-state index in [2.05, 4.69) is 38.2 Å². The van der Waals surface area contributed by atoms with Crippen molar-refractivity contribution in [1.82, 2.24) is 15.1 Å². The van der Waals surface area contributed by atoms with E-state index in [9.17, 15) is 4.79 Å². The highest BCUT2D eigenvalue weighted by atomic mass is 16.2. The molecule has 102 valence electrons. The summed E-state index contributed by atoms with van der Waals surface area (Å²) < 4.78 is 0. The molecule has 0 rings (SSSR count). The number of hydrogen-bond donors (Lipinski definition) is 1. The van der Waals surface area contributed by atoms with Crippen molar-refractivity contribution in [2.75, 3.05) is 40.8 Å². The molecule has 0 spiro atoms. The van der Waals surface area contributed by atoms with Crippen LogP contribution in [0.25, 0.3) is 0 Å². The van der Waals surface area contributed by atoms with Crippen molar-refractivity contribution in [3.05, 3.63) is 0 Å². The summed E-state index contributed by atoms with van der Waals surface area (Å²) in [6.45, 7) is 8.60. The molecule has 0 aliphatic heterocycles. The summed E-state index contributed by atoms with van der Waals surface area (Å²) in [5.41, 5.74) is 0. The predicted molar refractivity (Wildman–Crippen MR) is 73.1 cm³/mol. The van der Waals surface area contributed by atoms with E-state index in [0.29, 0.717) is 18.5 Å². The molecule has 0 saturated carbocycles. The molecule has 17 heavy (non-hydrogen) atoms. The lowest BCUT2D eigenvalue weighted by Crippen LogP contribution is -2.44. The Bertz CT molecular complexity index is 207. The fraction of sp³-hybridized carbons (Fsp3) is 0.923. The molecule has 0 radical (unpaired) electrons. The fourth-order valence-corrected chi connectivity index (χ4v) is 1.78. The van der Waals surface area contributed by atoms with Gasteiger partial charge in [-0.2, -0.15) is 0 Å². The lowest BCUT2D eigenvalue weighted by atomic mass is 10.0. The SMILES string of the molecule is CCN(C)C(=O)CNC(CC(C)C)CN(C)C. The summed E-state index contributed by atoms with van der Waals surface area (Å²) in [6.07, 6.45) is 1.10. The van der Waals surface area contributed by atoms with Crippen molar-refractivity contribution in [1.29, 1.82) is 0 Å². The Morgan fingerprint density at radius 1 is 1.24 bits per heavy atom. The number of rotatable bonds is 8. The lowest BCUT2D eigenvalue weighted by Gasteiger charge is -2.25. The molecule has 4 heteroatoms. The molecular weight excluding hydrogens is 214 g/mol. The largest absolute Gasteiger partial charge is 0.345 e. The minimum Gasteiger partial charge on any atom is -0.345 e. The van der Waals surface area contributed by atoms with Crippen LogP contribution in [0.15, 0.2) is 0 Å². The van der Waals surface area contributed by atoms with E-state index in [-0.39, 0.29) is 5.91 Å². The van der Waals surface area contributed by atoms with E-state index in [1.165, 1.54) is 0 Å². The van der Waals surface area contributed by atoms with E-state index in [4.69, 9.17) is 0 Å². The third-order valence-electron chi connectivity index (χ3n) is 2.78. The Hall–Kier alpha value is -0.610. The third kappa shape index (κ3) is 8.16. The van der Waals surface area contributed by atoms with E-state index in [1.54, 1.807) is 4.90 Å². The molecule has 1 N–H and O–H groups in total. The van der Waals surface area contributed by atoms with Gasteiger partial charge in [0.05, 0.1) is 6.54 Å². The normalized spacial score (nSPS) is 13.2. The van der Waals surface area contributed by atoms with Gasteiger partial charge in [0, 0.05) is 26.2 Å². The van der Waals surface area contributed by atoms with Gasteiger partial charge >= 0.3 is 0 Å². The zero-order chi connectivity index (χ0) is 13.4. The zero-order valence-corrected chi connectivity index (χ0v) is 12.3.